The fourth-order valence-electron chi connectivity index (χ4n) is 1.83. The van der Waals surface area contributed by atoms with Gasteiger partial charge in [-0.15, -0.1) is 0 Å². The number of nitrogens with two attached hydrogens (primary N) is 1. The zero-order valence-corrected chi connectivity index (χ0v) is 8.45. The second-order valence-electron chi connectivity index (χ2n) is 3.64. The second kappa shape index (κ2) is 4.31. The van der Waals surface area contributed by atoms with Crippen LogP contribution in [0.2, 0.25) is 0 Å². The largest absolute Gasteiger partial charge is 0.484 e. The van der Waals surface area contributed by atoms with Crippen LogP contribution in [-0.4, -0.2) is 12.5 Å². The van der Waals surface area contributed by atoms with E-state index in [0.717, 1.165) is 18.6 Å². The van der Waals surface area contributed by atoms with Crippen LogP contribution in [0.25, 0.3) is 0 Å². The SMILES string of the molecule is NNC(=O)COc1ccc2c(c1)CCC2. The molecule has 0 bridgehead atoms. The van der Waals surface area contributed by atoms with E-state index in [9.17, 15) is 4.79 Å². The van der Waals surface area contributed by atoms with Gasteiger partial charge < -0.3 is 4.74 Å². The Kier molecular flexibility index (Phi) is 2.87. The van der Waals surface area contributed by atoms with Crippen LogP contribution in [0.5, 0.6) is 5.75 Å². The molecule has 0 unspecified atom stereocenters. The first-order valence-corrected chi connectivity index (χ1v) is 5.03. The third-order valence-electron chi connectivity index (χ3n) is 2.60. The van der Waals surface area contributed by atoms with E-state index >= 15 is 0 Å². The highest BCUT2D eigenvalue weighted by atomic mass is 16.5. The summed E-state index contributed by atoms with van der Waals surface area (Å²) in [6.45, 7) is -0.0325. The van der Waals surface area contributed by atoms with Crippen molar-refractivity contribution in [2.75, 3.05) is 6.61 Å². The molecule has 0 saturated carbocycles. The molecule has 4 heteroatoms. The molecule has 15 heavy (non-hydrogen) atoms. The van der Waals surface area contributed by atoms with Crippen molar-refractivity contribution in [3.8, 4) is 5.75 Å². The van der Waals surface area contributed by atoms with Crippen LogP contribution >= 0.6 is 0 Å². The van der Waals surface area contributed by atoms with Crippen molar-refractivity contribution in [2.24, 2.45) is 5.84 Å². The topological polar surface area (TPSA) is 64.3 Å². The van der Waals surface area contributed by atoms with Crippen LogP contribution in [0.3, 0.4) is 0 Å². The number of hydrogen-bond donors (Lipinski definition) is 2. The van der Waals surface area contributed by atoms with Crippen LogP contribution in [0.4, 0.5) is 0 Å². The number of nitrogens with one attached hydrogen (secondary N) is 1. The van der Waals surface area contributed by atoms with E-state index in [4.69, 9.17) is 10.6 Å². The molecule has 0 fully saturated rings. The van der Waals surface area contributed by atoms with Crippen molar-refractivity contribution >= 4 is 5.91 Å². The predicted octanol–water partition coefficient (Wildman–Crippen LogP) is 0.544. The van der Waals surface area contributed by atoms with Gasteiger partial charge in [0.2, 0.25) is 0 Å². The Morgan fingerprint density at radius 2 is 2.20 bits per heavy atom. The van der Waals surface area contributed by atoms with Gasteiger partial charge >= 0.3 is 0 Å². The molecule has 4 nitrogen and oxygen atoms in total. The number of fused-ring (bicyclic) bond motifs is 1. The van der Waals surface area contributed by atoms with Crippen LogP contribution in [-0.2, 0) is 17.6 Å². The number of aryl methyl sites for hydroxylation is 2. The lowest BCUT2D eigenvalue weighted by molar-refractivity contribution is -0.123. The molecular weight excluding hydrogens is 192 g/mol. The molecule has 0 aliphatic heterocycles. The summed E-state index contributed by atoms with van der Waals surface area (Å²) in [6, 6.07) is 5.97. The van der Waals surface area contributed by atoms with Crippen LogP contribution in [0, 0.1) is 0 Å². The lowest BCUT2D eigenvalue weighted by atomic mass is 10.1. The van der Waals surface area contributed by atoms with E-state index in [1.807, 2.05) is 17.6 Å². The van der Waals surface area contributed by atoms with Crippen molar-refractivity contribution < 1.29 is 9.53 Å². The highest BCUT2D eigenvalue weighted by Crippen LogP contribution is 2.25. The van der Waals surface area contributed by atoms with Crippen molar-refractivity contribution in [1.29, 1.82) is 0 Å². The van der Waals surface area contributed by atoms with Gasteiger partial charge in [-0.25, -0.2) is 5.84 Å². The fraction of sp³-hybridized carbons (Fsp3) is 0.364. The summed E-state index contributed by atoms with van der Waals surface area (Å²) in [5.74, 6) is 5.36. The zero-order valence-electron chi connectivity index (χ0n) is 8.45. The number of amides is 1. The molecule has 1 aromatic rings. The molecule has 0 saturated heterocycles. The first-order chi connectivity index (χ1) is 7.29. The minimum absolute atomic E-state index is 0.0325. The van der Waals surface area contributed by atoms with Gasteiger partial charge in [0.25, 0.3) is 5.91 Å². The number of rotatable bonds is 3. The lowest BCUT2D eigenvalue weighted by Gasteiger charge is -2.06. The highest BCUT2D eigenvalue weighted by molar-refractivity contribution is 5.76. The van der Waals surface area contributed by atoms with E-state index in [1.54, 1.807) is 0 Å². The average molecular weight is 206 g/mol. The van der Waals surface area contributed by atoms with Gasteiger partial charge in [0.15, 0.2) is 6.61 Å². The van der Waals surface area contributed by atoms with Gasteiger partial charge in [-0.1, -0.05) is 6.07 Å². The number of carbonyl (C=O) groups is 1. The molecule has 0 spiro atoms. The Labute approximate surface area is 88.4 Å². The summed E-state index contributed by atoms with van der Waals surface area (Å²) in [7, 11) is 0. The van der Waals surface area contributed by atoms with Crippen molar-refractivity contribution in [3.05, 3.63) is 29.3 Å². The summed E-state index contributed by atoms with van der Waals surface area (Å²) < 4.78 is 5.29. The van der Waals surface area contributed by atoms with E-state index < -0.39 is 0 Å². The number of benzene rings is 1. The minimum Gasteiger partial charge on any atom is -0.484 e. The number of hydrogen-bond acceptors (Lipinski definition) is 3. The van der Waals surface area contributed by atoms with E-state index in [0.29, 0.717) is 0 Å². The Morgan fingerprint density at radius 3 is 3.00 bits per heavy atom. The lowest BCUT2D eigenvalue weighted by Crippen LogP contribution is -2.34. The van der Waals surface area contributed by atoms with E-state index in [-0.39, 0.29) is 12.5 Å². The van der Waals surface area contributed by atoms with Crippen molar-refractivity contribution in [3.63, 3.8) is 0 Å². The molecule has 2 rings (SSSR count). The Hall–Kier alpha value is -1.55. The fourth-order valence-corrected chi connectivity index (χ4v) is 1.83. The van der Waals surface area contributed by atoms with Crippen molar-refractivity contribution in [2.45, 2.75) is 19.3 Å². The first-order valence-electron chi connectivity index (χ1n) is 5.03. The number of hydrazine groups is 1. The van der Waals surface area contributed by atoms with Crippen LogP contribution in [0.15, 0.2) is 18.2 Å². The summed E-state index contributed by atoms with van der Waals surface area (Å²) in [5.41, 5.74) is 4.75. The van der Waals surface area contributed by atoms with Gasteiger partial charge in [0, 0.05) is 0 Å². The van der Waals surface area contributed by atoms with Crippen molar-refractivity contribution in [1.82, 2.24) is 5.43 Å². The summed E-state index contributed by atoms with van der Waals surface area (Å²) >= 11 is 0. The standard InChI is InChI=1S/C11H14N2O2/c12-13-11(14)7-15-10-5-4-8-2-1-3-9(8)6-10/h4-6H,1-3,7,12H2,(H,13,14). The molecular formula is C11H14N2O2. The maximum absolute atomic E-state index is 10.9. The van der Waals surface area contributed by atoms with Crippen LogP contribution in [0.1, 0.15) is 17.5 Å². The molecule has 3 N–H and O–H groups in total. The third kappa shape index (κ3) is 2.27. The number of carbonyl (C=O) groups excluding carboxylic acids is 1. The summed E-state index contributed by atoms with van der Waals surface area (Å²) in [6.07, 6.45) is 3.47. The minimum atomic E-state index is -0.324. The zero-order chi connectivity index (χ0) is 10.7. The second-order valence-corrected chi connectivity index (χ2v) is 3.64. The molecule has 0 heterocycles. The van der Waals surface area contributed by atoms with Gasteiger partial charge in [-0.2, -0.15) is 0 Å². The Balaban J connectivity index is 2.01. The van der Waals surface area contributed by atoms with E-state index in [2.05, 4.69) is 6.07 Å². The van der Waals surface area contributed by atoms with Gasteiger partial charge in [-0.05, 0) is 42.5 Å². The number of ether oxygens (including phenoxy) is 1. The molecule has 1 aliphatic carbocycles. The van der Waals surface area contributed by atoms with Crippen LogP contribution < -0.4 is 16.0 Å². The molecule has 1 aliphatic rings. The van der Waals surface area contributed by atoms with Gasteiger partial charge in [0.05, 0.1) is 0 Å². The summed E-state index contributed by atoms with van der Waals surface area (Å²) in [4.78, 5) is 10.9. The van der Waals surface area contributed by atoms with Gasteiger partial charge in [0.1, 0.15) is 5.75 Å². The molecule has 1 amide bonds. The molecule has 0 atom stereocenters. The quantitative estimate of drug-likeness (QED) is 0.431. The molecule has 0 radical (unpaired) electrons. The monoisotopic (exact) mass is 206 g/mol. The smallest absolute Gasteiger partial charge is 0.271 e. The first kappa shape index (κ1) is 9.98. The predicted molar refractivity (Wildman–Crippen MR) is 56.3 cm³/mol. The molecule has 80 valence electrons. The molecule has 0 aromatic heterocycles. The maximum atomic E-state index is 10.9. The molecule has 1 aromatic carbocycles. The van der Waals surface area contributed by atoms with Gasteiger partial charge in [-0.3, -0.25) is 10.2 Å². The maximum Gasteiger partial charge on any atom is 0.271 e. The average Bonchev–Trinajstić information content (AvgIpc) is 2.72. The third-order valence-corrected chi connectivity index (χ3v) is 2.60. The Bertz CT molecular complexity index is 377. The van der Waals surface area contributed by atoms with E-state index in [1.165, 1.54) is 17.5 Å². The summed E-state index contributed by atoms with van der Waals surface area (Å²) in [5, 5.41) is 0. The normalized spacial score (nSPS) is 13.4. The highest BCUT2D eigenvalue weighted by Gasteiger charge is 2.11. The Morgan fingerprint density at radius 1 is 1.40 bits per heavy atom.